The van der Waals surface area contributed by atoms with E-state index in [0.717, 1.165) is 22.7 Å². The summed E-state index contributed by atoms with van der Waals surface area (Å²) in [6.07, 6.45) is 0. The standard InChI is InChI=1S/C47H48N2/c1-45(2,3)33-19-23-37(24-20-33)48(35-15-11-9-12-16-35)39-27-29-41-42-30-28-40(32-44(42)47(7,8)43(41)31-39)49(36-17-13-10-14-18-36)38-25-21-34(22-26-38)46(4,5)6/h9-32H,1-8H3. The third-order valence-electron chi connectivity index (χ3n) is 10.2. The average Bonchev–Trinajstić information content (AvgIpc) is 3.31. The van der Waals surface area contributed by atoms with Gasteiger partial charge in [0.05, 0.1) is 0 Å². The molecule has 7 rings (SSSR count). The minimum Gasteiger partial charge on any atom is -0.310 e. The van der Waals surface area contributed by atoms with E-state index in [2.05, 4.69) is 211 Å². The van der Waals surface area contributed by atoms with Gasteiger partial charge in [-0.3, -0.25) is 0 Å². The highest BCUT2D eigenvalue weighted by Crippen LogP contribution is 2.52. The largest absolute Gasteiger partial charge is 0.310 e. The topological polar surface area (TPSA) is 6.48 Å². The van der Waals surface area contributed by atoms with Gasteiger partial charge in [0.15, 0.2) is 0 Å². The van der Waals surface area contributed by atoms with Crippen LogP contribution < -0.4 is 9.80 Å². The van der Waals surface area contributed by atoms with E-state index >= 15 is 0 Å². The molecule has 0 heterocycles. The highest BCUT2D eigenvalue weighted by Gasteiger charge is 2.37. The molecule has 1 aliphatic carbocycles. The van der Waals surface area contributed by atoms with E-state index in [1.54, 1.807) is 0 Å². The molecular formula is C47H48N2. The Balaban J connectivity index is 1.31. The number of hydrogen-bond acceptors (Lipinski definition) is 2. The van der Waals surface area contributed by atoms with Gasteiger partial charge in [-0.2, -0.15) is 0 Å². The lowest BCUT2D eigenvalue weighted by Crippen LogP contribution is -2.18. The van der Waals surface area contributed by atoms with Crippen LogP contribution in [0.5, 0.6) is 0 Å². The van der Waals surface area contributed by atoms with Gasteiger partial charge >= 0.3 is 0 Å². The van der Waals surface area contributed by atoms with Crippen LogP contribution in [-0.2, 0) is 16.2 Å². The van der Waals surface area contributed by atoms with Gasteiger partial charge in [0.2, 0.25) is 0 Å². The van der Waals surface area contributed by atoms with Crippen molar-refractivity contribution < 1.29 is 0 Å². The van der Waals surface area contributed by atoms with E-state index in [9.17, 15) is 0 Å². The van der Waals surface area contributed by atoms with Gasteiger partial charge < -0.3 is 9.80 Å². The Bertz CT molecular complexity index is 1920. The SMILES string of the molecule is CC(C)(C)c1ccc(N(c2ccccc2)c2ccc3c(c2)C(C)(C)c2cc(N(c4ccccc4)c4ccc(C(C)(C)C)cc4)ccc2-3)cc1. The molecule has 1 aliphatic rings. The van der Waals surface area contributed by atoms with Crippen LogP contribution in [0.25, 0.3) is 11.1 Å². The van der Waals surface area contributed by atoms with Crippen LogP contribution in [-0.4, -0.2) is 0 Å². The first-order valence-electron chi connectivity index (χ1n) is 17.5. The minimum absolute atomic E-state index is 0.101. The monoisotopic (exact) mass is 640 g/mol. The summed E-state index contributed by atoms with van der Waals surface area (Å²) in [6, 6.07) is 53.7. The first-order chi connectivity index (χ1) is 23.3. The minimum atomic E-state index is -0.187. The second-order valence-corrected chi connectivity index (χ2v) is 16.0. The second kappa shape index (κ2) is 12.1. The van der Waals surface area contributed by atoms with Crippen molar-refractivity contribution in [1.29, 1.82) is 0 Å². The predicted molar refractivity (Wildman–Crippen MR) is 211 cm³/mol. The van der Waals surface area contributed by atoms with E-state index in [0.29, 0.717) is 0 Å². The summed E-state index contributed by atoms with van der Waals surface area (Å²) in [5.41, 5.74) is 15.0. The van der Waals surface area contributed by atoms with E-state index in [1.165, 1.54) is 44.8 Å². The number of nitrogens with zero attached hydrogens (tertiary/aromatic N) is 2. The van der Waals surface area contributed by atoms with Crippen LogP contribution in [0.4, 0.5) is 34.1 Å². The molecule has 0 saturated carbocycles. The zero-order chi connectivity index (χ0) is 34.6. The van der Waals surface area contributed by atoms with E-state index in [1.807, 2.05) is 0 Å². The maximum absolute atomic E-state index is 2.42. The molecule has 0 atom stereocenters. The molecule has 0 aromatic heterocycles. The van der Waals surface area contributed by atoms with Crippen molar-refractivity contribution in [3.63, 3.8) is 0 Å². The van der Waals surface area contributed by atoms with Gasteiger partial charge in [0, 0.05) is 39.5 Å². The summed E-state index contributed by atoms with van der Waals surface area (Å²) >= 11 is 0. The molecule has 6 aromatic rings. The van der Waals surface area contributed by atoms with Crippen LogP contribution in [0, 0.1) is 0 Å². The summed E-state index contributed by atoms with van der Waals surface area (Å²) in [5, 5.41) is 0. The molecule has 0 aliphatic heterocycles. The molecule has 0 unspecified atom stereocenters. The van der Waals surface area contributed by atoms with Crippen molar-refractivity contribution in [2.45, 2.75) is 71.6 Å². The fourth-order valence-corrected chi connectivity index (χ4v) is 7.26. The fourth-order valence-electron chi connectivity index (χ4n) is 7.26. The molecule has 6 aromatic carbocycles. The number of hydrogen-bond donors (Lipinski definition) is 0. The van der Waals surface area contributed by atoms with Crippen molar-refractivity contribution >= 4 is 34.1 Å². The molecule has 2 heteroatoms. The Morgan fingerprint density at radius 1 is 0.367 bits per heavy atom. The molecule has 0 fully saturated rings. The Morgan fingerprint density at radius 2 is 0.673 bits per heavy atom. The number of para-hydroxylation sites is 2. The Labute approximate surface area is 293 Å². The quantitative estimate of drug-likeness (QED) is 0.179. The van der Waals surface area contributed by atoms with E-state index < -0.39 is 0 Å². The lowest BCUT2D eigenvalue weighted by molar-refractivity contribution is 0.590. The maximum Gasteiger partial charge on any atom is 0.0465 e. The van der Waals surface area contributed by atoms with Crippen molar-refractivity contribution in [3.8, 4) is 11.1 Å². The van der Waals surface area contributed by atoms with Crippen molar-refractivity contribution in [1.82, 2.24) is 0 Å². The molecule has 246 valence electrons. The van der Waals surface area contributed by atoms with Gasteiger partial charge in [0.1, 0.15) is 0 Å². The third kappa shape index (κ3) is 6.06. The third-order valence-corrected chi connectivity index (χ3v) is 10.2. The van der Waals surface area contributed by atoms with E-state index in [4.69, 9.17) is 0 Å². The summed E-state index contributed by atoms with van der Waals surface area (Å²) in [4.78, 5) is 4.77. The fraction of sp³-hybridized carbons (Fsp3) is 0.234. The summed E-state index contributed by atoms with van der Waals surface area (Å²) in [6.45, 7) is 18.4. The van der Waals surface area contributed by atoms with Crippen LogP contribution in [0.15, 0.2) is 146 Å². The number of rotatable bonds is 6. The van der Waals surface area contributed by atoms with Crippen LogP contribution in [0.2, 0.25) is 0 Å². The van der Waals surface area contributed by atoms with Crippen LogP contribution in [0.3, 0.4) is 0 Å². The molecular weight excluding hydrogens is 593 g/mol. The number of fused-ring (bicyclic) bond motifs is 3. The van der Waals surface area contributed by atoms with E-state index in [-0.39, 0.29) is 16.2 Å². The zero-order valence-electron chi connectivity index (χ0n) is 30.3. The normalized spacial score (nSPS) is 13.5. The molecule has 2 nitrogen and oxygen atoms in total. The average molecular weight is 641 g/mol. The Morgan fingerprint density at radius 3 is 1.00 bits per heavy atom. The van der Waals surface area contributed by atoms with Crippen LogP contribution >= 0.6 is 0 Å². The molecule has 0 radical (unpaired) electrons. The lowest BCUT2D eigenvalue weighted by Gasteiger charge is -2.30. The van der Waals surface area contributed by atoms with Crippen molar-refractivity contribution in [3.05, 3.63) is 168 Å². The maximum atomic E-state index is 2.42. The molecule has 0 spiro atoms. The zero-order valence-corrected chi connectivity index (χ0v) is 30.3. The number of anilines is 6. The second-order valence-electron chi connectivity index (χ2n) is 16.0. The van der Waals surface area contributed by atoms with Gasteiger partial charge in [-0.25, -0.2) is 0 Å². The van der Waals surface area contributed by atoms with Gasteiger partial charge in [-0.1, -0.05) is 128 Å². The smallest absolute Gasteiger partial charge is 0.0465 e. The van der Waals surface area contributed by atoms with Crippen molar-refractivity contribution in [2.75, 3.05) is 9.80 Å². The predicted octanol–water partition coefficient (Wildman–Crippen LogP) is 13.5. The summed E-state index contributed by atoms with van der Waals surface area (Å²) in [5.74, 6) is 0. The summed E-state index contributed by atoms with van der Waals surface area (Å²) in [7, 11) is 0. The molecule has 0 N–H and O–H groups in total. The Hall–Kier alpha value is -5.08. The van der Waals surface area contributed by atoms with Crippen LogP contribution in [0.1, 0.15) is 77.6 Å². The van der Waals surface area contributed by atoms with Crippen molar-refractivity contribution in [2.24, 2.45) is 0 Å². The molecule has 0 saturated heterocycles. The summed E-state index contributed by atoms with van der Waals surface area (Å²) < 4.78 is 0. The molecule has 0 amide bonds. The number of benzene rings is 6. The lowest BCUT2D eigenvalue weighted by atomic mass is 9.82. The van der Waals surface area contributed by atoms with Gasteiger partial charge in [0.25, 0.3) is 0 Å². The van der Waals surface area contributed by atoms with Gasteiger partial charge in [-0.15, -0.1) is 0 Å². The molecule has 49 heavy (non-hydrogen) atoms. The molecule has 0 bridgehead atoms. The first-order valence-corrected chi connectivity index (χ1v) is 17.5. The highest BCUT2D eigenvalue weighted by atomic mass is 15.1. The Kier molecular flexibility index (Phi) is 8.02. The highest BCUT2D eigenvalue weighted by molar-refractivity contribution is 5.88. The first kappa shape index (κ1) is 32.5. The van der Waals surface area contributed by atoms with Gasteiger partial charge in [-0.05, 0) is 117 Å².